The van der Waals surface area contributed by atoms with Gasteiger partial charge in [-0.15, -0.1) is 0 Å². The lowest BCUT2D eigenvalue weighted by Gasteiger charge is -2.29. The van der Waals surface area contributed by atoms with Crippen LogP contribution in [-0.2, 0) is 13.6 Å². The topological polar surface area (TPSA) is 44.8 Å². The van der Waals surface area contributed by atoms with Crippen molar-refractivity contribution in [3.8, 4) is 5.75 Å². The maximum absolute atomic E-state index is 14.7. The molecule has 4 nitrogen and oxygen atoms in total. The van der Waals surface area contributed by atoms with E-state index in [-0.39, 0.29) is 5.82 Å². The molecule has 2 rings (SSSR count). The lowest BCUT2D eigenvalue weighted by Crippen LogP contribution is -2.13. The smallest absolute Gasteiger partial charge is 0.330 e. The fourth-order valence-corrected chi connectivity index (χ4v) is 7.47. The van der Waals surface area contributed by atoms with Crippen LogP contribution in [0.15, 0.2) is 18.2 Å². The minimum absolute atomic E-state index is 0.202. The molecule has 6 heteroatoms. The van der Waals surface area contributed by atoms with Gasteiger partial charge in [-0.1, -0.05) is 83.6 Å². The van der Waals surface area contributed by atoms with E-state index in [1.807, 2.05) is 19.9 Å². The van der Waals surface area contributed by atoms with E-state index in [0.717, 1.165) is 43.6 Å². The van der Waals surface area contributed by atoms with Crippen molar-refractivity contribution in [3.05, 3.63) is 29.6 Å². The van der Waals surface area contributed by atoms with Gasteiger partial charge in [-0.05, 0) is 81.9 Å². The number of rotatable bonds is 22. The first-order chi connectivity index (χ1) is 18.5. The van der Waals surface area contributed by atoms with Crippen molar-refractivity contribution in [3.63, 3.8) is 0 Å². The predicted octanol–water partition coefficient (Wildman–Crippen LogP) is 10.8. The van der Waals surface area contributed by atoms with Crippen LogP contribution >= 0.6 is 7.60 Å². The third kappa shape index (κ3) is 13.4. The van der Waals surface area contributed by atoms with Gasteiger partial charge < -0.3 is 13.8 Å². The maximum Gasteiger partial charge on any atom is 0.330 e. The fraction of sp³-hybridized carbons (Fsp3) is 0.812. The minimum Gasteiger partial charge on any atom is -0.491 e. The van der Waals surface area contributed by atoms with Crippen LogP contribution in [0.4, 0.5) is 4.39 Å². The Morgan fingerprint density at radius 2 is 1.39 bits per heavy atom. The van der Waals surface area contributed by atoms with Crippen LogP contribution in [0.1, 0.15) is 141 Å². The van der Waals surface area contributed by atoms with E-state index >= 15 is 0 Å². The summed E-state index contributed by atoms with van der Waals surface area (Å²) in [6, 6.07) is 5.66. The highest BCUT2D eigenvalue weighted by atomic mass is 31.2. The molecule has 0 unspecified atom stereocenters. The van der Waals surface area contributed by atoms with E-state index in [2.05, 4.69) is 13.0 Å². The predicted molar refractivity (Wildman–Crippen MR) is 158 cm³/mol. The van der Waals surface area contributed by atoms with Crippen LogP contribution in [0.25, 0.3) is 0 Å². The molecule has 0 radical (unpaired) electrons. The standard InChI is InChI=1S/C32H56FO4P/c1-4-7-15-18-28-19-21-29(22-20-28)30-23-24-32(31(33)27-30)35-25-16-13-11-9-8-10-12-14-17-26-38(34,36-5-2)37-6-3/h23-24,27-29H,4-22,25-26H2,1-3H3. The van der Waals surface area contributed by atoms with Gasteiger partial charge in [0.15, 0.2) is 11.6 Å². The van der Waals surface area contributed by atoms with Gasteiger partial charge in [0.25, 0.3) is 0 Å². The molecule has 0 heterocycles. The summed E-state index contributed by atoms with van der Waals surface area (Å²) in [6.45, 7) is 7.43. The van der Waals surface area contributed by atoms with Gasteiger partial charge in [0.2, 0.25) is 0 Å². The molecule has 0 saturated heterocycles. The average molecular weight is 555 g/mol. The zero-order chi connectivity index (χ0) is 27.5. The fourth-order valence-electron chi connectivity index (χ4n) is 5.74. The van der Waals surface area contributed by atoms with Crippen molar-refractivity contribution in [1.82, 2.24) is 0 Å². The maximum atomic E-state index is 14.7. The van der Waals surface area contributed by atoms with Crippen LogP contribution in [0, 0.1) is 11.7 Å². The summed E-state index contributed by atoms with van der Waals surface area (Å²) in [5.41, 5.74) is 1.15. The van der Waals surface area contributed by atoms with Crippen molar-refractivity contribution in [2.75, 3.05) is 26.0 Å². The van der Waals surface area contributed by atoms with E-state index in [0.29, 0.717) is 37.6 Å². The van der Waals surface area contributed by atoms with Crippen LogP contribution < -0.4 is 4.74 Å². The highest BCUT2D eigenvalue weighted by Crippen LogP contribution is 2.48. The largest absolute Gasteiger partial charge is 0.491 e. The summed E-state index contributed by atoms with van der Waals surface area (Å²) in [5, 5.41) is 0. The summed E-state index contributed by atoms with van der Waals surface area (Å²) in [6.07, 6.45) is 20.9. The molecule has 1 aromatic rings. The molecule has 0 aromatic heterocycles. The van der Waals surface area contributed by atoms with E-state index in [1.165, 1.54) is 77.0 Å². The molecule has 0 aliphatic heterocycles. The SMILES string of the molecule is CCCCCC1CCC(c2ccc(OCCCCCCCCCCCP(=O)(OCC)OCC)c(F)c2)CC1. The van der Waals surface area contributed by atoms with Crippen molar-refractivity contribution in [1.29, 1.82) is 0 Å². The molecule has 1 fully saturated rings. The second-order valence-corrected chi connectivity index (χ2v) is 13.3. The second kappa shape index (κ2) is 20.0. The Bertz CT molecular complexity index is 769. The lowest BCUT2D eigenvalue weighted by atomic mass is 9.77. The molecule has 0 bridgehead atoms. The van der Waals surface area contributed by atoms with Crippen molar-refractivity contribution in [2.24, 2.45) is 5.92 Å². The van der Waals surface area contributed by atoms with Crippen LogP contribution in [-0.4, -0.2) is 26.0 Å². The molecular formula is C32H56FO4P. The van der Waals surface area contributed by atoms with Crippen molar-refractivity contribution >= 4 is 7.60 Å². The Labute approximate surface area is 233 Å². The number of unbranched alkanes of at least 4 members (excludes halogenated alkanes) is 10. The molecule has 0 spiro atoms. The van der Waals surface area contributed by atoms with Gasteiger partial charge in [-0.25, -0.2) is 4.39 Å². The van der Waals surface area contributed by atoms with E-state index in [1.54, 1.807) is 6.07 Å². The Kier molecular flexibility index (Phi) is 17.6. The summed E-state index contributed by atoms with van der Waals surface area (Å²) in [5.74, 6) is 1.59. The molecule has 0 amide bonds. The van der Waals surface area contributed by atoms with Gasteiger partial charge in [-0.3, -0.25) is 4.57 Å². The van der Waals surface area contributed by atoms with E-state index in [9.17, 15) is 8.96 Å². The zero-order valence-electron chi connectivity index (χ0n) is 24.7. The van der Waals surface area contributed by atoms with Crippen LogP contribution in [0.2, 0.25) is 0 Å². The van der Waals surface area contributed by atoms with E-state index < -0.39 is 7.60 Å². The molecule has 1 aliphatic carbocycles. The summed E-state index contributed by atoms with van der Waals surface area (Å²) >= 11 is 0. The minimum atomic E-state index is -2.87. The van der Waals surface area contributed by atoms with E-state index in [4.69, 9.17) is 13.8 Å². The number of hydrogen-bond acceptors (Lipinski definition) is 4. The van der Waals surface area contributed by atoms with Gasteiger partial charge in [0.1, 0.15) is 0 Å². The Morgan fingerprint density at radius 3 is 1.97 bits per heavy atom. The van der Waals surface area contributed by atoms with Crippen molar-refractivity contribution in [2.45, 2.75) is 136 Å². The van der Waals surface area contributed by atoms with Gasteiger partial charge in [-0.2, -0.15) is 0 Å². The number of ether oxygens (including phenoxy) is 1. The third-order valence-electron chi connectivity index (χ3n) is 7.98. The monoisotopic (exact) mass is 554 g/mol. The Morgan fingerprint density at radius 1 is 0.789 bits per heavy atom. The summed E-state index contributed by atoms with van der Waals surface area (Å²) in [4.78, 5) is 0. The second-order valence-electron chi connectivity index (χ2n) is 11.1. The highest BCUT2D eigenvalue weighted by molar-refractivity contribution is 7.53. The molecule has 38 heavy (non-hydrogen) atoms. The quantitative estimate of drug-likeness (QED) is 0.106. The first-order valence-electron chi connectivity index (χ1n) is 15.8. The number of halogens is 1. The zero-order valence-corrected chi connectivity index (χ0v) is 25.6. The summed E-state index contributed by atoms with van der Waals surface area (Å²) < 4.78 is 43.6. The first kappa shape index (κ1) is 33.3. The van der Waals surface area contributed by atoms with Crippen LogP contribution in [0.5, 0.6) is 5.75 Å². The Hall–Kier alpha value is -0.900. The van der Waals surface area contributed by atoms with Crippen LogP contribution in [0.3, 0.4) is 0 Å². The lowest BCUT2D eigenvalue weighted by molar-refractivity contribution is 0.219. The molecule has 0 N–H and O–H groups in total. The Balaban J connectivity index is 1.49. The average Bonchev–Trinajstić information content (AvgIpc) is 2.91. The van der Waals surface area contributed by atoms with Crippen molar-refractivity contribution < 1.29 is 22.7 Å². The first-order valence-corrected chi connectivity index (χ1v) is 17.5. The normalized spacial score (nSPS) is 18.1. The highest BCUT2D eigenvalue weighted by Gasteiger charge is 2.23. The van der Waals surface area contributed by atoms with Gasteiger partial charge >= 0.3 is 7.60 Å². The number of benzene rings is 1. The van der Waals surface area contributed by atoms with Gasteiger partial charge in [0, 0.05) is 0 Å². The number of hydrogen-bond donors (Lipinski definition) is 0. The van der Waals surface area contributed by atoms with Gasteiger partial charge in [0.05, 0.1) is 26.0 Å². The molecule has 220 valence electrons. The molecular weight excluding hydrogens is 498 g/mol. The molecule has 1 aromatic carbocycles. The third-order valence-corrected chi connectivity index (χ3v) is 10.1. The summed E-state index contributed by atoms with van der Waals surface area (Å²) in [7, 11) is -2.87. The molecule has 0 atom stereocenters. The molecule has 1 saturated carbocycles. The molecule has 1 aliphatic rings.